The lowest BCUT2D eigenvalue weighted by molar-refractivity contribution is -0.145. The molecular formula is C14H18O5. The van der Waals surface area contributed by atoms with Gasteiger partial charge in [0, 0.05) is 7.11 Å². The van der Waals surface area contributed by atoms with E-state index < -0.39 is 11.9 Å². The first-order valence-corrected chi connectivity index (χ1v) is 5.98. The van der Waals surface area contributed by atoms with E-state index in [9.17, 15) is 9.59 Å². The molecule has 0 spiro atoms. The van der Waals surface area contributed by atoms with Crippen molar-refractivity contribution < 1.29 is 24.2 Å². The summed E-state index contributed by atoms with van der Waals surface area (Å²) in [4.78, 5) is 22.2. The lowest BCUT2D eigenvalue weighted by Crippen LogP contribution is -2.23. The second kappa shape index (κ2) is 7.53. The molecule has 1 aromatic carbocycles. The number of aliphatic carboxylic acids is 1. The van der Waals surface area contributed by atoms with Crippen molar-refractivity contribution in [2.24, 2.45) is 5.92 Å². The highest BCUT2D eigenvalue weighted by molar-refractivity contribution is 5.97. The van der Waals surface area contributed by atoms with Crippen LogP contribution in [0, 0.1) is 5.92 Å². The Morgan fingerprint density at radius 2 is 2.05 bits per heavy atom. The van der Waals surface area contributed by atoms with Crippen LogP contribution in [-0.4, -0.2) is 37.2 Å². The quantitative estimate of drug-likeness (QED) is 0.571. The lowest BCUT2D eigenvalue weighted by Gasteiger charge is -2.10. The van der Waals surface area contributed by atoms with Gasteiger partial charge in [0.05, 0.1) is 6.61 Å². The Hall–Kier alpha value is -1.88. The van der Waals surface area contributed by atoms with Crippen molar-refractivity contribution in [3.05, 3.63) is 29.8 Å². The van der Waals surface area contributed by atoms with Crippen LogP contribution < -0.4 is 4.74 Å². The smallest absolute Gasteiger partial charge is 0.314 e. The van der Waals surface area contributed by atoms with Crippen molar-refractivity contribution in [3.63, 3.8) is 0 Å². The zero-order valence-corrected chi connectivity index (χ0v) is 11.1. The molecule has 0 aliphatic heterocycles. The normalized spacial score (nSPS) is 11.9. The SMILES string of the molecule is COCCOc1cccc(CC(C(C)=O)C(=O)O)c1. The van der Waals surface area contributed by atoms with Crippen molar-refractivity contribution in [3.8, 4) is 5.75 Å². The number of carbonyl (C=O) groups excluding carboxylic acids is 1. The van der Waals surface area contributed by atoms with E-state index in [1.165, 1.54) is 6.92 Å². The van der Waals surface area contributed by atoms with Crippen molar-refractivity contribution in [2.45, 2.75) is 13.3 Å². The summed E-state index contributed by atoms with van der Waals surface area (Å²) in [5.41, 5.74) is 0.762. The van der Waals surface area contributed by atoms with E-state index in [1.807, 2.05) is 0 Å². The van der Waals surface area contributed by atoms with Crippen LogP contribution in [0.3, 0.4) is 0 Å². The lowest BCUT2D eigenvalue weighted by atomic mass is 9.96. The molecule has 0 aromatic heterocycles. The molecule has 5 nitrogen and oxygen atoms in total. The highest BCUT2D eigenvalue weighted by Crippen LogP contribution is 2.17. The summed E-state index contributed by atoms with van der Waals surface area (Å²) in [5.74, 6) is -1.81. The van der Waals surface area contributed by atoms with Crippen molar-refractivity contribution in [1.29, 1.82) is 0 Å². The number of ether oxygens (including phenoxy) is 2. The number of carboxylic acids is 1. The van der Waals surface area contributed by atoms with Crippen molar-refractivity contribution in [1.82, 2.24) is 0 Å². The predicted molar refractivity (Wildman–Crippen MR) is 69.3 cm³/mol. The van der Waals surface area contributed by atoms with Gasteiger partial charge in [-0.1, -0.05) is 12.1 Å². The summed E-state index contributed by atoms with van der Waals surface area (Å²) in [6.45, 7) is 2.20. The maximum absolute atomic E-state index is 11.3. The summed E-state index contributed by atoms with van der Waals surface area (Å²) >= 11 is 0. The van der Waals surface area contributed by atoms with Crippen molar-refractivity contribution >= 4 is 11.8 Å². The third-order valence-corrected chi connectivity index (χ3v) is 2.68. The Kier molecular flexibility index (Phi) is 6.02. The third kappa shape index (κ3) is 5.09. The van der Waals surface area contributed by atoms with E-state index in [-0.39, 0.29) is 12.2 Å². The molecule has 0 heterocycles. The maximum Gasteiger partial charge on any atom is 0.314 e. The van der Waals surface area contributed by atoms with Crippen LogP contribution in [0.5, 0.6) is 5.75 Å². The van der Waals surface area contributed by atoms with Gasteiger partial charge in [-0.3, -0.25) is 9.59 Å². The van der Waals surface area contributed by atoms with Crippen LogP contribution in [0.25, 0.3) is 0 Å². The fourth-order valence-electron chi connectivity index (χ4n) is 1.65. The number of methoxy groups -OCH3 is 1. The average molecular weight is 266 g/mol. The molecule has 1 aromatic rings. The number of carbonyl (C=O) groups is 2. The molecule has 0 amide bonds. The summed E-state index contributed by atoms with van der Waals surface area (Å²) in [6, 6.07) is 7.08. The van der Waals surface area contributed by atoms with E-state index in [1.54, 1.807) is 31.4 Å². The average Bonchev–Trinajstić information content (AvgIpc) is 2.36. The first kappa shape index (κ1) is 15.2. The molecule has 0 bridgehead atoms. The van der Waals surface area contributed by atoms with Crippen LogP contribution in [0.15, 0.2) is 24.3 Å². The molecule has 104 valence electrons. The Morgan fingerprint density at radius 3 is 2.63 bits per heavy atom. The van der Waals surface area contributed by atoms with E-state index in [0.29, 0.717) is 19.0 Å². The van der Waals surface area contributed by atoms with E-state index in [0.717, 1.165) is 5.56 Å². The third-order valence-electron chi connectivity index (χ3n) is 2.68. The second-order valence-corrected chi connectivity index (χ2v) is 4.19. The highest BCUT2D eigenvalue weighted by Gasteiger charge is 2.22. The topological polar surface area (TPSA) is 72.8 Å². The largest absolute Gasteiger partial charge is 0.491 e. The molecule has 0 saturated carbocycles. The van der Waals surface area contributed by atoms with Gasteiger partial charge in [-0.2, -0.15) is 0 Å². The Labute approximate surface area is 112 Å². The Balaban J connectivity index is 2.70. The predicted octanol–water partition coefficient (Wildman–Crippen LogP) is 1.54. The number of rotatable bonds is 8. The zero-order chi connectivity index (χ0) is 14.3. The molecular weight excluding hydrogens is 248 g/mol. The van der Waals surface area contributed by atoms with Crippen molar-refractivity contribution in [2.75, 3.05) is 20.3 Å². The number of carboxylic acid groups (broad SMARTS) is 1. The number of benzene rings is 1. The Morgan fingerprint density at radius 1 is 1.32 bits per heavy atom. The molecule has 0 saturated heterocycles. The number of hydrogen-bond acceptors (Lipinski definition) is 4. The molecule has 19 heavy (non-hydrogen) atoms. The summed E-state index contributed by atoms with van der Waals surface area (Å²) in [7, 11) is 1.59. The van der Waals surface area contributed by atoms with Gasteiger partial charge in [-0.15, -0.1) is 0 Å². The molecule has 5 heteroatoms. The molecule has 0 fully saturated rings. The monoisotopic (exact) mass is 266 g/mol. The van der Waals surface area contributed by atoms with Gasteiger partial charge in [0.2, 0.25) is 0 Å². The maximum atomic E-state index is 11.3. The summed E-state index contributed by atoms with van der Waals surface area (Å²) in [5, 5.41) is 8.98. The minimum absolute atomic E-state index is 0.173. The van der Waals surface area contributed by atoms with Gasteiger partial charge in [-0.05, 0) is 31.0 Å². The number of Topliss-reactive ketones (excluding diaryl/α,β-unsaturated/α-hetero) is 1. The van der Waals surface area contributed by atoms with E-state index in [4.69, 9.17) is 14.6 Å². The molecule has 1 atom stereocenters. The standard InChI is InChI=1S/C14H18O5/c1-10(15)13(14(16)17)9-11-4-3-5-12(8-11)19-7-6-18-2/h3-5,8,13H,6-7,9H2,1-2H3,(H,16,17). The van der Waals surface area contributed by atoms with Crippen LogP contribution in [0.4, 0.5) is 0 Å². The molecule has 1 N–H and O–H groups in total. The van der Waals surface area contributed by atoms with Gasteiger partial charge < -0.3 is 14.6 Å². The first-order valence-electron chi connectivity index (χ1n) is 5.98. The van der Waals surface area contributed by atoms with Gasteiger partial charge in [-0.25, -0.2) is 0 Å². The minimum Gasteiger partial charge on any atom is -0.491 e. The molecule has 1 rings (SSSR count). The second-order valence-electron chi connectivity index (χ2n) is 4.19. The number of ketones is 1. The van der Waals surface area contributed by atoms with E-state index in [2.05, 4.69) is 0 Å². The number of hydrogen-bond donors (Lipinski definition) is 1. The zero-order valence-electron chi connectivity index (χ0n) is 11.1. The minimum atomic E-state index is -1.10. The molecule has 0 aliphatic rings. The fourth-order valence-corrected chi connectivity index (χ4v) is 1.65. The van der Waals surface area contributed by atoms with Crippen LogP contribution >= 0.6 is 0 Å². The van der Waals surface area contributed by atoms with Gasteiger partial charge in [0.1, 0.15) is 24.1 Å². The molecule has 0 radical (unpaired) electrons. The highest BCUT2D eigenvalue weighted by atomic mass is 16.5. The van der Waals surface area contributed by atoms with Crippen LogP contribution in [0.2, 0.25) is 0 Å². The first-order chi connectivity index (χ1) is 9.04. The molecule has 0 aliphatic carbocycles. The van der Waals surface area contributed by atoms with E-state index >= 15 is 0 Å². The summed E-state index contributed by atoms with van der Waals surface area (Å²) in [6.07, 6.45) is 0.173. The fraction of sp³-hybridized carbons (Fsp3) is 0.429. The van der Waals surface area contributed by atoms with Crippen LogP contribution in [-0.2, 0) is 20.7 Å². The summed E-state index contributed by atoms with van der Waals surface area (Å²) < 4.78 is 10.3. The van der Waals surface area contributed by atoms with Gasteiger partial charge in [0.25, 0.3) is 0 Å². The van der Waals surface area contributed by atoms with Gasteiger partial charge >= 0.3 is 5.97 Å². The van der Waals surface area contributed by atoms with Gasteiger partial charge in [0.15, 0.2) is 0 Å². The Bertz CT molecular complexity index is 427. The van der Waals surface area contributed by atoms with Crippen LogP contribution in [0.1, 0.15) is 12.5 Å². The molecule has 1 unspecified atom stereocenters.